The van der Waals surface area contributed by atoms with Gasteiger partial charge in [-0.25, -0.2) is 0 Å². The van der Waals surface area contributed by atoms with Crippen molar-refractivity contribution in [3.63, 3.8) is 0 Å². The normalized spacial score (nSPS) is 16.6. The molecule has 1 aliphatic rings. The van der Waals surface area contributed by atoms with Gasteiger partial charge in [-0.3, -0.25) is 4.79 Å². The first kappa shape index (κ1) is 15.3. The van der Waals surface area contributed by atoms with Gasteiger partial charge < -0.3 is 10.6 Å². The zero-order valence-electron chi connectivity index (χ0n) is 10.4. The Morgan fingerprint density at radius 1 is 1.10 bits per heavy atom. The molecular formula is C14H8Br3ClN2O. The van der Waals surface area contributed by atoms with Gasteiger partial charge in [0.05, 0.1) is 5.69 Å². The standard InChI is InChI=1S/C14H8Br3ClN2O/c15-6-3-9(16)13(10(17)4-6)20-12-8-5-7(18)1-2-11(8)19-14(12)21/h1-5,12,20H,(H,19,21). The summed E-state index contributed by atoms with van der Waals surface area (Å²) < 4.78 is 2.64. The van der Waals surface area contributed by atoms with Crippen LogP contribution in [-0.2, 0) is 4.79 Å². The molecule has 1 atom stereocenters. The van der Waals surface area contributed by atoms with Crippen LogP contribution >= 0.6 is 59.4 Å². The molecule has 0 bridgehead atoms. The largest absolute Gasteiger partial charge is 0.368 e. The van der Waals surface area contributed by atoms with Crippen molar-refractivity contribution in [1.82, 2.24) is 0 Å². The summed E-state index contributed by atoms with van der Waals surface area (Å²) in [6.07, 6.45) is 0. The molecule has 7 heteroatoms. The van der Waals surface area contributed by atoms with Gasteiger partial charge in [-0.2, -0.15) is 0 Å². The zero-order valence-corrected chi connectivity index (χ0v) is 15.9. The van der Waals surface area contributed by atoms with Gasteiger partial charge in [-0.05, 0) is 62.2 Å². The van der Waals surface area contributed by atoms with E-state index >= 15 is 0 Å². The summed E-state index contributed by atoms with van der Waals surface area (Å²) in [6, 6.07) is 8.72. The fourth-order valence-electron chi connectivity index (χ4n) is 2.20. The number of halogens is 4. The summed E-state index contributed by atoms with van der Waals surface area (Å²) in [7, 11) is 0. The minimum Gasteiger partial charge on any atom is -0.368 e. The van der Waals surface area contributed by atoms with Crippen molar-refractivity contribution in [3.8, 4) is 0 Å². The molecule has 0 aromatic heterocycles. The number of amides is 1. The van der Waals surface area contributed by atoms with Crippen molar-refractivity contribution in [2.45, 2.75) is 6.04 Å². The van der Waals surface area contributed by atoms with Crippen molar-refractivity contribution in [2.75, 3.05) is 10.6 Å². The number of carbonyl (C=O) groups excluding carboxylic acids is 1. The third kappa shape index (κ3) is 2.99. The van der Waals surface area contributed by atoms with Gasteiger partial charge in [0.2, 0.25) is 0 Å². The van der Waals surface area contributed by atoms with Gasteiger partial charge in [0.25, 0.3) is 5.91 Å². The molecule has 1 aliphatic heterocycles. The van der Waals surface area contributed by atoms with Crippen molar-refractivity contribution >= 4 is 76.7 Å². The Morgan fingerprint density at radius 2 is 1.76 bits per heavy atom. The minimum atomic E-state index is -0.479. The van der Waals surface area contributed by atoms with Gasteiger partial charge in [-0.1, -0.05) is 27.5 Å². The average molecular weight is 495 g/mol. The third-order valence-electron chi connectivity index (χ3n) is 3.14. The average Bonchev–Trinajstić information content (AvgIpc) is 2.69. The number of fused-ring (bicyclic) bond motifs is 1. The molecule has 3 nitrogen and oxygen atoms in total. The lowest BCUT2D eigenvalue weighted by Gasteiger charge is -2.16. The predicted octanol–water partition coefficient (Wildman–Crippen LogP) is 5.73. The summed E-state index contributed by atoms with van der Waals surface area (Å²) in [4.78, 5) is 12.2. The Morgan fingerprint density at radius 3 is 2.43 bits per heavy atom. The number of rotatable bonds is 2. The molecule has 1 unspecified atom stereocenters. The number of carbonyl (C=O) groups is 1. The number of hydrogen-bond donors (Lipinski definition) is 2. The second-order valence-electron chi connectivity index (χ2n) is 4.54. The van der Waals surface area contributed by atoms with Crippen LogP contribution in [0.15, 0.2) is 43.7 Å². The van der Waals surface area contributed by atoms with E-state index in [1.54, 1.807) is 12.1 Å². The van der Waals surface area contributed by atoms with Gasteiger partial charge in [0.15, 0.2) is 0 Å². The van der Waals surface area contributed by atoms with E-state index in [2.05, 4.69) is 58.4 Å². The van der Waals surface area contributed by atoms with Crippen LogP contribution in [0.4, 0.5) is 11.4 Å². The van der Waals surface area contributed by atoms with E-state index in [0.717, 1.165) is 30.4 Å². The van der Waals surface area contributed by atoms with Gasteiger partial charge in [-0.15, -0.1) is 0 Å². The van der Waals surface area contributed by atoms with Crippen LogP contribution in [0, 0.1) is 0 Å². The monoisotopic (exact) mass is 492 g/mol. The molecule has 1 heterocycles. The first-order valence-electron chi connectivity index (χ1n) is 5.97. The Bertz CT molecular complexity index is 728. The van der Waals surface area contributed by atoms with Gasteiger partial charge in [0, 0.05) is 29.7 Å². The summed E-state index contributed by atoms with van der Waals surface area (Å²) in [6.45, 7) is 0. The van der Waals surface area contributed by atoms with Crippen molar-refractivity contribution < 1.29 is 4.79 Å². The molecule has 0 spiro atoms. The quantitative estimate of drug-likeness (QED) is 0.559. The summed E-state index contributed by atoms with van der Waals surface area (Å²) in [5.41, 5.74) is 2.44. The van der Waals surface area contributed by atoms with E-state index in [4.69, 9.17) is 11.6 Å². The van der Waals surface area contributed by atoms with E-state index in [-0.39, 0.29) is 5.91 Å². The second-order valence-corrected chi connectivity index (χ2v) is 7.60. The summed E-state index contributed by atoms with van der Waals surface area (Å²) in [5.74, 6) is -0.103. The molecule has 3 rings (SSSR count). The molecule has 0 saturated heterocycles. The van der Waals surface area contributed by atoms with Crippen LogP contribution in [0.3, 0.4) is 0 Å². The van der Waals surface area contributed by atoms with Crippen LogP contribution in [-0.4, -0.2) is 5.91 Å². The molecule has 2 aromatic carbocycles. The highest BCUT2D eigenvalue weighted by atomic mass is 79.9. The third-order valence-corrected chi connectivity index (χ3v) is 5.08. The first-order chi connectivity index (χ1) is 9.95. The highest BCUT2D eigenvalue weighted by Gasteiger charge is 2.31. The minimum absolute atomic E-state index is 0.103. The topological polar surface area (TPSA) is 41.1 Å². The highest BCUT2D eigenvalue weighted by Crippen LogP contribution is 2.40. The second kappa shape index (κ2) is 5.91. The van der Waals surface area contributed by atoms with E-state index < -0.39 is 6.04 Å². The number of hydrogen-bond acceptors (Lipinski definition) is 2. The van der Waals surface area contributed by atoms with Crippen LogP contribution in [0.25, 0.3) is 0 Å². The maximum Gasteiger partial charge on any atom is 0.251 e. The van der Waals surface area contributed by atoms with Crippen LogP contribution < -0.4 is 10.6 Å². The van der Waals surface area contributed by atoms with E-state index in [1.165, 1.54) is 0 Å². The Kier molecular flexibility index (Phi) is 4.32. The summed E-state index contributed by atoms with van der Waals surface area (Å²) >= 11 is 16.5. The van der Waals surface area contributed by atoms with Crippen molar-refractivity contribution in [2.24, 2.45) is 0 Å². The van der Waals surface area contributed by atoms with Gasteiger partial charge >= 0.3 is 0 Å². The smallest absolute Gasteiger partial charge is 0.251 e. The van der Waals surface area contributed by atoms with E-state index in [1.807, 2.05) is 18.2 Å². The van der Waals surface area contributed by atoms with Crippen molar-refractivity contribution in [3.05, 3.63) is 54.3 Å². The molecule has 108 valence electrons. The maximum absolute atomic E-state index is 12.2. The first-order valence-corrected chi connectivity index (χ1v) is 8.73. The lowest BCUT2D eigenvalue weighted by molar-refractivity contribution is -0.116. The van der Waals surface area contributed by atoms with Crippen LogP contribution in [0.1, 0.15) is 11.6 Å². The van der Waals surface area contributed by atoms with E-state index in [9.17, 15) is 4.79 Å². The maximum atomic E-state index is 12.2. The highest BCUT2D eigenvalue weighted by molar-refractivity contribution is 9.11. The lowest BCUT2D eigenvalue weighted by atomic mass is 10.1. The number of benzene rings is 2. The number of anilines is 2. The molecule has 0 radical (unpaired) electrons. The number of nitrogens with one attached hydrogen (secondary N) is 2. The Balaban J connectivity index is 2.00. The lowest BCUT2D eigenvalue weighted by Crippen LogP contribution is -2.20. The van der Waals surface area contributed by atoms with E-state index in [0.29, 0.717) is 5.02 Å². The molecule has 0 fully saturated rings. The zero-order chi connectivity index (χ0) is 15.1. The fraction of sp³-hybridized carbons (Fsp3) is 0.0714. The van der Waals surface area contributed by atoms with Crippen LogP contribution in [0.5, 0.6) is 0 Å². The van der Waals surface area contributed by atoms with Crippen LogP contribution in [0.2, 0.25) is 5.02 Å². The molecule has 0 aliphatic carbocycles. The SMILES string of the molecule is O=C1Nc2ccc(Cl)cc2C1Nc1c(Br)cc(Br)cc1Br. The molecule has 21 heavy (non-hydrogen) atoms. The Hall–Kier alpha value is -0.560. The van der Waals surface area contributed by atoms with Crippen molar-refractivity contribution in [1.29, 1.82) is 0 Å². The molecular weight excluding hydrogens is 487 g/mol. The van der Waals surface area contributed by atoms with Gasteiger partial charge in [0.1, 0.15) is 6.04 Å². The fourth-order valence-corrected chi connectivity index (χ4v) is 4.87. The molecule has 0 saturated carbocycles. The molecule has 1 amide bonds. The predicted molar refractivity (Wildman–Crippen MR) is 96.0 cm³/mol. The molecule has 2 aromatic rings. The molecule has 2 N–H and O–H groups in total. The Labute approximate surface area is 151 Å². The summed E-state index contributed by atoms with van der Waals surface area (Å²) in [5, 5.41) is 6.70.